The number of thiazole rings is 1. The van der Waals surface area contributed by atoms with Crippen molar-refractivity contribution in [3.8, 4) is 11.3 Å². The van der Waals surface area contributed by atoms with Crippen LogP contribution in [0.4, 0.5) is 9.52 Å². The van der Waals surface area contributed by atoms with Gasteiger partial charge in [0, 0.05) is 31.0 Å². The van der Waals surface area contributed by atoms with E-state index in [1.54, 1.807) is 24.4 Å². The Morgan fingerprint density at radius 3 is 2.56 bits per heavy atom. The largest absolute Gasteiger partial charge is 0.419 e. The van der Waals surface area contributed by atoms with Crippen molar-refractivity contribution in [2.45, 2.75) is 26.6 Å². The number of anilines is 1. The zero-order chi connectivity index (χ0) is 18.2. The summed E-state index contributed by atoms with van der Waals surface area (Å²) in [6.45, 7) is 4.63. The molecule has 0 unspecified atom stereocenters. The van der Waals surface area contributed by atoms with Crippen LogP contribution >= 0.6 is 11.3 Å². The summed E-state index contributed by atoms with van der Waals surface area (Å²) < 4.78 is 23.4. The first-order valence-corrected chi connectivity index (χ1v) is 8.28. The van der Waals surface area contributed by atoms with Crippen LogP contribution in [0.1, 0.15) is 19.4 Å². The third-order valence-electron chi connectivity index (χ3n) is 3.41. The predicted octanol–water partition coefficient (Wildman–Crippen LogP) is 3.39. The van der Waals surface area contributed by atoms with E-state index in [2.05, 4.69) is 10.3 Å². The molecule has 1 aromatic carbocycles. The highest BCUT2D eigenvalue weighted by molar-refractivity contribution is 7.14. The number of aromatic nitrogens is 1. The van der Waals surface area contributed by atoms with Crippen molar-refractivity contribution in [3.05, 3.63) is 46.7 Å². The standard InChI is InChI=1S/C17H15FN2O4S/c1-9-6-10(4-5-12(9)18)13-8-25-16(20-13)19-7-11-14(21)23-17(2,3)24-15(11)22/h4-8H,1-3H3,(H,19,20). The quantitative estimate of drug-likeness (QED) is 0.512. The van der Waals surface area contributed by atoms with Crippen LogP contribution in [0.25, 0.3) is 11.3 Å². The minimum atomic E-state index is -1.28. The van der Waals surface area contributed by atoms with E-state index in [0.717, 1.165) is 5.56 Å². The number of halogens is 1. The number of aryl methyl sites for hydroxylation is 1. The van der Waals surface area contributed by atoms with Gasteiger partial charge in [-0.2, -0.15) is 0 Å². The van der Waals surface area contributed by atoms with Crippen LogP contribution in [0, 0.1) is 12.7 Å². The summed E-state index contributed by atoms with van der Waals surface area (Å²) in [5.41, 5.74) is 1.71. The summed E-state index contributed by atoms with van der Waals surface area (Å²) in [5.74, 6) is -3.08. The van der Waals surface area contributed by atoms with Crippen LogP contribution in [0.2, 0.25) is 0 Å². The summed E-state index contributed by atoms with van der Waals surface area (Å²) >= 11 is 1.28. The number of carbonyl (C=O) groups is 2. The number of esters is 2. The van der Waals surface area contributed by atoms with Gasteiger partial charge in [-0.1, -0.05) is 0 Å². The molecule has 1 aliphatic heterocycles. The number of hydrogen-bond donors (Lipinski definition) is 1. The second kappa shape index (κ2) is 6.29. The number of nitrogens with one attached hydrogen (secondary N) is 1. The van der Waals surface area contributed by atoms with Gasteiger partial charge in [0.1, 0.15) is 5.82 Å². The Morgan fingerprint density at radius 2 is 1.92 bits per heavy atom. The monoisotopic (exact) mass is 362 g/mol. The molecule has 1 aliphatic rings. The van der Waals surface area contributed by atoms with Crippen LogP contribution in [0.5, 0.6) is 0 Å². The van der Waals surface area contributed by atoms with Crippen molar-refractivity contribution < 1.29 is 23.5 Å². The molecule has 8 heteroatoms. The van der Waals surface area contributed by atoms with Crippen LogP contribution in [0.3, 0.4) is 0 Å². The first-order valence-electron chi connectivity index (χ1n) is 7.40. The molecule has 2 heterocycles. The third kappa shape index (κ3) is 3.69. The lowest BCUT2D eigenvalue weighted by atomic mass is 10.1. The second-order valence-electron chi connectivity index (χ2n) is 5.88. The fourth-order valence-electron chi connectivity index (χ4n) is 2.19. The highest BCUT2D eigenvalue weighted by Gasteiger charge is 2.38. The Morgan fingerprint density at radius 1 is 1.24 bits per heavy atom. The summed E-state index contributed by atoms with van der Waals surface area (Å²) in [7, 11) is 0. The summed E-state index contributed by atoms with van der Waals surface area (Å²) in [6, 6.07) is 4.72. The number of rotatable bonds is 3. The molecule has 1 aromatic heterocycles. The van der Waals surface area contributed by atoms with Crippen molar-refractivity contribution in [2.75, 3.05) is 5.32 Å². The molecule has 0 bridgehead atoms. The molecule has 0 radical (unpaired) electrons. The van der Waals surface area contributed by atoms with Gasteiger partial charge < -0.3 is 14.8 Å². The molecule has 0 saturated carbocycles. The molecule has 6 nitrogen and oxygen atoms in total. The van der Waals surface area contributed by atoms with Crippen molar-refractivity contribution in [1.82, 2.24) is 4.98 Å². The van der Waals surface area contributed by atoms with Gasteiger partial charge in [-0.05, 0) is 30.7 Å². The number of carbonyl (C=O) groups excluding carboxylic acids is 2. The minimum absolute atomic E-state index is 0.242. The number of ether oxygens (including phenoxy) is 2. The highest BCUT2D eigenvalue weighted by atomic mass is 32.1. The summed E-state index contributed by atoms with van der Waals surface area (Å²) in [6.07, 6.45) is 1.21. The molecule has 1 saturated heterocycles. The first-order chi connectivity index (χ1) is 11.7. The number of cyclic esters (lactones) is 2. The van der Waals surface area contributed by atoms with Crippen molar-refractivity contribution in [2.24, 2.45) is 0 Å². The van der Waals surface area contributed by atoms with E-state index in [0.29, 0.717) is 16.4 Å². The third-order valence-corrected chi connectivity index (χ3v) is 4.19. The Hall–Kier alpha value is -2.74. The number of hydrogen-bond acceptors (Lipinski definition) is 7. The van der Waals surface area contributed by atoms with Gasteiger partial charge in [-0.15, -0.1) is 11.3 Å². The molecule has 1 N–H and O–H groups in total. The normalized spacial score (nSPS) is 16.2. The topological polar surface area (TPSA) is 77.5 Å². The van der Waals surface area contributed by atoms with Crippen LogP contribution in [0.15, 0.2) is 35.4 Å². The first kappa shape index (κ1) is 17.1. The Balaban J connectivity index is 1.76. The number of nitrogens with zero attached hydrogens (tertiary/aromatic N) is 1. The van der Waals surface area contributed by atoms with Crippen molar-refractivity contribution in [1.29, 1.82) is 0 Å². The van der Waals surface area contributed by atoms with E-state index in [9.17, 15) is 14.0 Å². The van der Waals surface area contributed by atoms with E-state index in [-0.39, 0.29) is 11.4 Å². The predicted molar refractivity (Wildman–Crippen MR) is 90.2 cm³/mol. The van der Waals surface area contributed by atoms with E-state index in [1.165, 1.54) is 37.5 Å². The number of benzene rings is 1. The maximum absolute atomic E-state index is 13.3. The molecule has 130 valence electrons. The van der Waals surface area contributed by atoms with E-state index in [4.69, 9.17) is 9.47 Å². The van der Waals surface area contributed by atoms with Gasteiger partial charge in [-0.3, -0.25) is 0 Å². The van der Waals surface area contributed by atoms with Crippen LogP contribution < -0.4 is 5.32 Å². The van der Waals surface area contributed by atoms with Gasteiger partial charge in [0.2, 0.25) is 0 Å². The Bertz CT molecular complexity index is 867. The van der Waals surface area contributed by atoms with E-state index in [1.807, 2.05) is 0 Å². The van der Waals surface area contributed by atoms with E-state index >= 15 is 0 Å². The van der Waals surface area contributed by atoms with Crippen molar-refractivity contribution >= 4 is 28.4 Å². The molecule has 0 aliphatic carbocycles. The maximum Gasteiger partial charge on any atom is 0.350 e. The fourth-order valence-corrected chi connectivity index (χ4v) is 2.88. The van der Waals surface area contributed by atoms with Gasteiger partial charge in [0.15, 0.2) is 10.7 Å². The van der Waals surface area contributed by atoms with Gasteiger partial charge in [-0.25, -0.2) is 19.0 Å². The van der Waals surface area contributed by atoms with E-state index < -0.39 is 17.7 Å². The lowest BCUT2D eigenvalue weighted by Gasteiger charge is -2.29. The SMILES string of the molecule is Cc1cc(-c2csc(NC=C3C(=O)OC(C)(C)OC3=O)n2)ccc1F. The highest BCUT2D eigenvalue weighted by Crippen LogP contribution is 2.27. The molecule has 0 spiro atoms. The Labute approximate surface area is 147 Å². The molecule has 0 amide bonds. The summed E-state index contributed by atoms with van der Waals surface area (Å²) in [5, 5.41) is 5.04. The molecule has 2 aromatic rings. The van der Waals surface area contributed by atoms with Crippen LogP contribution in [-0.2, 0) is 19.1 Å². The zero-order valence-corrected chi connectivity index (χ0v) is 14.6. The van der Waals surface area contributed by atoms with Crippen molar-refractivity contribution in [3.63, 3.8) is 0 Å². The molecular formula is C17H15FN2O4S. The van der Waals surface area contributed by atoms with Gasteiger partial charge in [0.05, 0.1) is 5.69 Å². The summed E-state index contributed by atoms with van der Waals surface area (Å²) in [4.78, 5) is 28.1. The van der Waals surface area contributed by atoms with Gasteiger partial charge >= 0.3 is 11.9 Å². The molecule has 0 atom stereocenters. The molecular weight excluding hydrogens is 347 g/mol. The molecule has 3 rings (SSSR count). The lowest BCUT2D eigenvalue weighted by molar-refractivity contribution is -0.222. The average Bonchev–Trinajstić information content (AvgIpc) is 2.97. The minimum Gasteiger partial charge on any atom is -0.419 e. The average molecular weight is 362 g/mol. The van der Waals surface area contributed by atoms with Gasteiger partial charge in [0.25, 0.3) is 5.79 Å². The van der Waals surface area contributed by atoms with Crippen LogP contribution in [-0.4, -0.2) is 22.7 Å². The zero-order valence-electron chi connectivity index (χ0n) is 13.8. The Kier molecular flexibility index (Phi) is 4.30. The fraction of sp³-hybridized carbons (Fsp3) is 0.235. The second-order valence-corrected chi connectivity index (χ2v) is 6.74. The molecule has 25 heavy (non-hydrogen) atoms. The smallest absolute Gasteiger partial charge is 0.350 e. The molecule has 1 fully saturated rings. The lowest BCUT2D eigenvalue weighted by Crippen LogP contribution is -2.42. The maximum atomic E-state index is 13.3.